The van der Waals surface area contributed by atoms with E-state index in [1.165, 1.54) is 13.5 Å². The number of rotatable bonds is 7. The summed E-state index contributed by atoms with van der Waals surface area (Å²) in [6, 6.07) is 7.44. The third kappa shape index (κ3) is 4.16. The Kier molecular flexibility index (Phi) is 5.85. The first-order valence-electron chi connectivity index (χ1n) is 10.3. The molecule has 1 aromatic carbocycles. The van der Waals surface area contributed by atoms with Crippen molar-refractivity contribution in [2.75, 3.05) is 19.5 Å². The van der Waals surface area contributed by atoms with E-state index in [0.717, 1.165) is 34.7 Å². The van der Waals surface area contributed by atoms with Gasteiger partial charge >= 0.3 is 5.97 Å². The van der Waals surface area contributed by atoms with Crippen molar-refractivity contribution in [2.24, 2.45) is 5.92 Å². The fourth-order valence-corrected chi connectivity index (χ4v) is 3.66. The number of nitrogens with zero attached hydrogens (tertiary/aromatic N) is 3. The van der Waals surface area contributed by atoms with Crippen molar-refractivity contribution < 1.29 is 18.7 Å². The van der Waals surface area contributed by atoms with Crippen LogP contribution >= 0.6 is 0 Å². The normalized spacial score (nSPS) is 11.2. The number of imidazole rings is 1. The SMILES string of the molecule is COC(=O)c1cc(Nc2ccc(-c3ocnc3C)c(OC)c2)c2nc(CC(C)C)cn2c1. The molecule has 3 aromatic heterocycles. The number of nitrogens with one attached hydrogen (secondary N) is 1. The Morgan fingerprint density at radius 1 is 1.22 bits per heavy atom. The molecule has 0 saturated heterocycles. The van der Waals surface area contributed by atoms with Gasteiger partial charge in [0.25, 0.3) is 0 Å². The van der Waals surface area contributed by atoms with Gasteiger partial charge < -0.3 is 23.6 Å². The second kappa shape index (κ2) is 8.74. The van der Waals surface area contributed by atoms with Crippen LogP contribution in [-0.4, -0.2) is 34.6 Å². The Hall–Kier alpha value is -3.81. The summed E-state index contributed by atoms with van der Waals surface area (Å²) in [5.41, 5.74) is 5.17. The molecule has 0 aliphatic heterocycles. The smallest absolute Gasteiger partial charge is 0.339 e. The van der Waals surface area contributed by atoms with E-state index in [2.05, 4.69) is 24.1 Å². The van der Waals surface area contributed by atoms with Gasteiger partial charge in [-0.2, -0.15) is 0 Å². The minimum Gasteiger partial charge on any atom is -0.496 e. The molecule has 4 aromatic rings. The average Bonchev–Trinajstić information content (AvgIpc) is 3.38. The lowest BCUT2D eigenvalue weighted by molar-refractivity contribution is 0.0600. The predicted molar refractivity (Wildman–Crippen MR) is 122 cm³/mol. The molecule has 0 unspecified atom stereocenters. The lowest BCUT2D eigenvalue weighted by atomic mass is 10.1. The number of pyridine rings is 1. The number of ether oxygens (including phenoxy) is 2. The number of oxazole rings is 1. The third-order valence-electron chi connectivity index (χ3n) is 5.11. The van der Waals surface area contributed by atoms with E-state index in [4.69, 9.17) is 18.9 Å². The highest BCUT2D eigenvalue weighted by molar-refractivity contribution is 5.92. The summed E-state index contributed by atoms with van der Waals surface area (Å²) in [6.07, 6.45) is 5.94. The lowest BCUT2D eigenvalue weighted by Gasteiger charge is -2.13. The minimum absolute atomic E-state index is 0.414. The van der Waals surface area contributed by atoms with Gasteiger partial charge in [-0.1, -0.05) is 13.8 Å². The summed E-state index contributed by atoms with van der Waals surface area (Å²) < 4.78 is 17.9. The second-order valence-electron chi connectivity index (χ2n) is 8.00. The van der Waals surface area contributed by atoms with Crippen LogP contribution in [0.2, 0.25) is 0 Å². The first kappa shape index (κ1) is 21.4. The number of aromatic nitrogens is 3. The van der Waals surface area contributed by atoms with Crippen LogP contribution in [0.3, 0.4) is 0 Å². The molecule has 0 bridgehead atoms. The molecule has 32 heavy (non-hydrogen) atoms. The van der Waals surface area contributed by atoms with Crippen LogP contribution in [0.15, 0.2) is 47.5 Å². The summed E-state index contributed by atoms with van der Waals surface area (Å²) in [7, 11) is 2.98. The van der Waals surface area contributed by atoms with Gasteiger partial charge in [0, 0.05) is 24.1 Å². The van der Waals surface area contributed by atoms with Crippen LogP contribution in [0.25, 0.3) is 17.0 Å². The maximum absolute atomic E-state index is 12.2. The molecule has 8 nitrogen and oxygen atoms in total. The molecule has 0 radical (unpaired) electrons. The Morgan fingerprint density at radius 3 is 2.69 bits per heavy atom. The van der Waals surface area contributed by atoms with Gasteiger partial charge in [-0.05, 0) is 37.5 Å². The Bertz CT molecular complexity index is 1270. The Balaban J connectivity index is 1.76. The van der Waals surface area contributed by atoms with Crippen LogP contribution in [-0.2, 0) is 11.2 Å². The van der Waals surface area contributed by atoms with E-state index in [1.54, 1.807) is 19.4 Å². The molecule has 0 saturated carbocycles. The summed E-state index contributed by atoms with van der Waals surface area (Å²) in [4.78, 5) is 21.2. The van der Waals surface area contributed by atoms with Gasteiger partial charge in [0.15, 0.2) is 17.8 Å². The molecule has 4 rings (SSSR count). The second-order valence-corrected chi connectivity index (χ2v) is 8.00. The summed E-state index contributed by atoms with van der Waals surface area (Å²) in [5, 5.41) is 3.38. The van der Waals surface area contributed by atoms with Gasteiger partial charge in [-0.15, -0.1) is 0 Å². The van der Waals surface area contributed by atoms with Crippen LogP contribution in [0.5, 0.6) is 5.75 Å². The molecule has 0 aliphatic rings. The molecular formula is C24H26N4O4. The summed E-state index contributed by atoms with van der Waals surface area (Å²) in [6.45, 7) is 6.17. The van der Waals surface area contributed by atoms with Gasteiger partial charge in [0.1, 0.15) is 5.75 Å². The number of carbonyl (C=O) groups is 1. The first-order valence-corrected chi connectivity index (χ1v) is 10.3. The van der Waals surface area contributed by atoms with E-state index < -0.39 is 5.97 Å². The lowest BCUT2D eigenvalue weighted by Crippen LogP contribution is -2.05. The zero-order valence-corrected chi connectivity index (χ0v) is 18.8. The topological polar surface area (TPSA) is 90.9 Å². The van der Waals surface area contributed by atoms with E-state index in [-0.39, 0.29) is 0 Å². The number of anilines is 2. The minimum atomic E-state index is -0.414. The number of aryl methyl sites for hydroxylation is 1. The molecule has 0 fully saturated rings. The van der Waals surface area contributed by atoms with Gasteiger partial charge in [-0.25, -0.2) is 14.8 Å². The molecule has 8 heteroatoms. The number of benzene rings is 1. The van der Waals surface area contributed by atoms with Crippen molar-refractivity contribution in [3.63, 3.8) is 0 Å². The number of hydrogen-bond acceptors (Lipinski definition) is 7. The van der Waals surface area contributed by atoms with Crippen LogP contribution in [0, 0.1) is 12.8 Å². The Labute approximate surface area is 186 Å². The number of esters is 1. The zero-order chi connectivity index (χ0) is 22.8. The third-order valence-corrected chi connectivity index (χ3v) is 5.11. The monoisotopic (exact) mass is 434 g/mol. The van der Waals surface area contributed by atoms with Crippen molar-refractivity contribution in [2.45, 2.75) is 27.2 Å². The van der Waals surface area contributed by atoms with Gasteiger partial charge in [-0.3, -0.25) is 0 Å². The molecule has 0 amide bonds. The Morgan fingerprint density at radius 2 is 2.03 bits per heavy atom. The standard InChI is InChI=1S/C24H26N4O4/c1-14(2)8-18-12-28-11-16(24(29)31-5)9-20(23(28)27-18)26-17-6-7-19(21(10-17)30-4)22-15(3)25-13-32-22/h6-7,9-14,26H,8H2,1-5H3. The zero-order valence-electron chi connectivity index (χ0n) is 18.8. The molecule has 0 atom stereocenters. The van der Waals surface area contributed by atoms with E-state index in [1.807, 2.05) is 35.7 Å². The first-order chi connectivity index (χ1) is 15.4. The molecule has 166 valence electrons. The van der Waals surface area contributed by atoms with E-state index in [0.29, 0.717) is 28.7 Å². The fraction of sp³-hybridized carbons (Fsp3) is 0.292. The van der Waals surface area contributed by atoms with Crippen molar-refractivity contribution >= 4 is 23.0 Å². The molecule has 0 spiro atoms. The number of methoxy groups -OCH3 is 2. The maximum Gasteiger partial charge on any atom is 0.339 e. The quantitative estimate of drug-likeness (QED) is 0.408. The highest BCUT2D eigenvalue weighted by Crippen LogP contribution is 2.35. The number of fused-ring (bicyclic) bond motifs is 1. The van der Waals surface area contributed by atoms with E-state index in [9.17, 15) is 4.79 Å². The van der Waals surface area contributed by atoms with Crippen LogP contribution < -0.4 is 10.1 Å². The maximum atomic E-state index is 12.2. The number of hydrogen-bond donors (Lipinski definition) is 1. The largest absolute Gasteiger partial charge is 0.496 e. The molecule has 3 heterocycles. The van der Waals surface area contributed by atoms with E-state index >= 15 is 0 Å². The highest BCUT2D eigenvalue weighted by Gasteiger charge is 2.17. The predicted octanol–water partition coefficient (Wildman–Crippen LogP) is 5.04. The fourth-order valence-electron chi connectivity index (χ4n) is 3.66. The summed E-state index contributed by atoms with van der Waals surface area (Å²) >= 11 is 0. The van der Waals surface area contributed by atoms with Gasteiger partial charge in [0.05, 0.1) is 42.4 Å². The molecule has 1 N–H and O–H groups in total. The van der Waals surface area contributed by atoms with Crippen molar-refractivity contribution in [1.82, 2.24) is 14.4 Å². The highest BCUT2D eigenvalue weighted by atomic mass is 16.5. The van der Waals surface area contributed by atoms with Crippen molar-refractivity contribution in [3.8, 4) is 17.1 Å². The summed E-state index contributed by atoms with van der Waals surface area (Å²) in [5.74, 6) is 1.35. The number of carbonyl (C=O) groups excluding carboxylic acids is 1. The molecular weight excluding hydrogens is 408 g/mol. The van der Waals surface area contributed by atoms with Crippen LogP contribution in [0.1, 0.15) is 35.6 Å². The van der Waals surface area contributed by atoms with Crippen molar-refractivity contribution in [1.29, 1.82) is 0 Å². The molecule has 0 aliphatic carbocycles. The van der Waals surface area contributed by atoms with Crippen LogP contribution in [0.4, 0.5) is 11.4 Å². The average molecular weight is 434 g/mol. The van der Waals surface area contributed by atoms with Crippen molar-refractivity contribution in [3.05, 3.63) is 60.0 Å². The van der Waals surface area contributed by atoms with Gasteiger partial charge in [0.2, 0.25) is 0 Å².